The van der Waals surface area contributed by atoms with Gasteiger partial charge in [-0.05, 0) is 104 Å². The molecule has 24 nitrogen and oxygen atoms in total. The third-order valence-corrected chi connectivity index (χ3v) is 20.1. The topological polar surface area (TPSA) is 387 Å². The molecule has 4 aliphatic carbocycles. The van der Waals surface area contributed by atoms with Gasteiger partial charge in [0.25, 0.3) is 0 Å². The lowest BCUT2D eigenvalue weighted by Gasteiger charge is -2.61. The van der Waals surface area contributed by atoms with Crippen molar-refractivity contribution in [2.45, 2.75) is 233 Å². The molecule has 32 unspecified atom stereocenters. The lowest BCUT2D eigenvalue weighted by Crippen LogP contribution is -2.67. The van der Waals surface area contributed by atoms with Crippen LogP contribution >= 0.6 is 0 Å². The molecule has 32 atom stereocenters. The van der Waals surface area contributed by atoms with Crippen LogP contribution < -0.4 is 0 Å². The fraction of sp³-hybridized carbons (Fsp3) is 1.00. The van der Waals surface area contributed by atoms with Crippen LogP contribution in [0, 0.1) is 52.3 Å². The van der Waals surface area contributed by atoms with Gasteiger partial charge in [0.05, 0.1) is 45.2 Å². The molecule has 0 aromatic carbocycles. The molecule has 0 radical (unpaired) electrons. The standard InChI is InChI=1S/C51H86O24/c1-20(19-67-45-40(63)36(59)33(56)28(15-52)69-45)7-12-51(66)21(2)32-27(75-51)14-26-24-6-5-22-13-23(8-10-49(22,3)25(24)9-11-50(26,32)4)68-46-42(65)39(62)43(31(18-55)72-46)73-48-44(38(61)35(58)30(17-54)71-48)74-47-41(64)37(60)34(57)29(16-53)70-47/h20-48,52-66H,5-19H2,1-4H3. The van der Waals surface area contributed by atoms with Gasteiger partial charge in [-0.1, -0.05) is 27.7 Å². The van der Waals surface area contributed by atoms with Crippen molar-refractivity contribution in [2.24, 2.45) is 52.3 Å². The molecule has 434 valence electrons. The zero-order chi connectivity index (χ0) is 54.2. The van der Waals surface area contributed by atoms with Crippen molar-refractivity contribution in [1.29, 1.82) is 0 Å². The van der Waals surface area contributed by atoms with E-state index in [0.29, 0.717) is 49.4 Å². The van der Waals surface area contributed by atoms with Crippen LogP contribution in [0.15, 0.2) is 0 Å². The van der Waals surface area contributed by atoms with Crippen molar-refractivity contribution >= 4 is 0 Å². The second-order valence-electron chi connectivity index (χ2n) is 24.3. The molecule has 9 fully saturated rings. The Bertz CT molecular complexity index is 1870. The molecule has 0 aromatic rings. The third kappa shape index (κ3) is 10.7. The highest BCUT2D eigenvalue weighted by molar-refractivity contribution is 5.15. The van der Waals surface area contributed by atoms with E-state index in [2.05, 4.69) is 20.8 Å². The van der Waals surface area contributed by atoms with Gasteiger partial charge in [0, 0.05) is 12.3 Å². The first-order valence-electron chi connectivity index (χ1n) is 27.4. The number of hydrogen-bond acceptors (Lipinski definition) is 24. The monoisotopic (exact) mass is 1080 g/mol. The van der Waals surface area contributed by atoms with Crippen molar-refractivity contribution in [3.63, 3.8) is 0 Å². The van der Waals surface area contributed by atoms with Gasteiger partial charge in [-0.3, -0.25) is 0 Å². The van der Waals surface area contributed by atoms with Gasteiger partial charge in [-0.25, -0.2) is 0 Å². The van der Waals surface area contributed by atoms with E-state index in [1.807, 2.05) is 6.92 Å². The largest absolute Gasteiger partial charge is 0.394 e. The average Bonchev–Trinajstić information content (AvgIpc) is 3.83. The van der Waals surface area contributed by atoms with Crippen LogP contribution in [0.4, 0.5) is 0 Å². The summed E-state index contributed by atoms with van der Waals surface area (Å²) in [5.41, 5.74) is -0.0140. The minimum absolute atomic E-state index is 0.0136. The molecule has 24 heteroatoms. The SMILES string of the molecule is CC(CCC1(O)OC2CC3C4CCC5CC(OC6OC(CO)C(OC7OC(CO)C(O)C(O)C7OC7OC(CO)C(O)C(O)C7O)C(O)C6O)CCC5(C)C4CCC3(C)C2C1C)COC1OC(CO)C(O)C(O)C1O. The Hall–Kier alpha value is -0.960. The Morgan fingerprint density at radius 3 is 1.69 bits per heavy atom. The zero-order valence-electron chi connectivity index (χ0n) is 43.2. The van der Waals surface area contributed by atoms with Gasteiger partial charge < -0.3 is 119 Å². The van der Waals surface area contributed by atoms with Crippen LogP contribution in [0.3, 0.4) is 0 Å². The summed E-state index contributed by atoms with van der Waals surface area (Å²) in [4.78, 5) is 0. The van der Waals surface area contributed by atoms with Gasteiger partial charge in [0.2, 0.25) is 0 Å². The minimum Gasteiger partial charge on any atom is -0.394 e. The Kier molecular flexibility index (Phi) is 18.1. The fourth-order valence-corrected chi connectivity index (χ4v) is 15.6. The molecule has 0 spiro atoms. The fourth-order valence-electron chi connectivity index (χ4n) is 15.6. The van der Waals surface area contributed by atoms with E-state index >= 15 is 0 Å². The van der Waals surface area contributed by atoms with E-state index in [1.165, 1.54) is 0 Å². The lowest BCUT2D eigenvalue weighted by atomic mass is 9.44. The molecule has 9 rings (SSSR count). The van der Waals surface area contributed by atoms with Crippen molar-refractivity contribution in [2.75, 3.05) is 33.0 Å². The smallest absolute Gasteiger partial charge is 0.187 e. The summed E-state index contributed by atoms with van der Waals surface area (Å²) in [6, 6.07) is 0. The molecule has 0 bridgehead atoms. The Balaban J connectivity index is 0.784. The summed E-state index contributed by atoms with van der Waals surface area (Å²) >= 11 is 0. The van der Waals surface area contributed by atoms with E-state index in [1.54, 1.807) is 0 Å². The molecule has 5 saturated heterocycles. The van der Waals surface area contributed by atoms with E-state index in [0.717, 1.165) is 38.5 Å². The summed E-state index contributed by atoms with van der Waals surface area (Å²) in [5, 5.41) is 159. The Labute approximate surface area is 436 Å². The van der Waals surface area contributed by atoms with Gasteiger partial charge in [-0.2, -0.15) is 0 Å². The summed E-state index contributed by atoms with van der Waals surface area (Å²) in [6.45, 7) is 6.15. The first-order valence-corrected chi connectivity index (χ1v) is 27.4. The number of rotatable bonds is 16. The normalized spacial score (nSPS) is 55.4. The van der Waals surface area contributed by atoms with Crippen LogP contribution in [-0.2, 0) is 42.6 Å². The summed E-state index contributed by atoms with van der Waals surface area (Å²) in [6.07, 6.45) is -24.3. The van der Waals surface area contributed by atoms with E-state index in [9.17, 15) is 76.6 Å². The molecule has 5 aliphatic heterocycles. The van der Waals surface area contributed by atoms with Crippen LogP contribution in [0.1, 0.15) is 91.9 Å². The molecule has 5 heterocycles. The third-order valence-electron chi connectivity index (χ3n) is 20.1. The Morgan fingerprint density at radius 1 is 0.533 bits per heavy atom. The molecule has 0 aromatic heterocycles. The predicted molar refractivity (Wildman–Crippen MR) is 252 cm³/mol. The molecule has 4 saturated carbocycles. The van der Waals surface area contributed by atoms with E-state index in [4.69, 9.17) is 42.6 Å². The van der Waals surface area contributed by atoms with Crippen molar-refractivity contribution in [1.82, 2.24) is 0 Å². The molecular weight excluding hydrogens is 997 g/mol. The van der Waals surface area contributed by atoms with Gasteiger partial charge in [0.15, 0.2) is 30.9 Å². The van der Waals surface area contributed by atoms with Crippen LogP contribution in [0.25, 0.3) is 0 Å². The number of ether oxygens (including phenoxy) is 9. The average molecular weight is 1080 g/mol. The van der Waals surface area contributed by atoms with Crippen molar-refractivity contribution in [3.8, 4) is 0 Å². The summed E-state index contributed by atoms with van der Waals surface area (Å²) < 4.78 is 53.5. The lowest BCUT2D eigenvalue weighted by molar-refractivity contribution is -0.390. The maximum absolute atomic E-state index is 12.1. The maximum atomic E-state index is 12.1. The molecule has 75 heavy (non-hydrogen) atoms. The molecule has 15 N–H and O–H groups in total. The van der Waals surface area contributed by atoms with Crippen LogP contribution in [0.2, 0.25) is 0 Å². The first-order chi connectivity index (χ1) is 35.5. The predicted octanol–water partition coefficient (Wildman–Crippen LogP) is -3.95. The molecule has 0 amide bonds. The van der Waals surface area contributed by atoms with Gasteiger partial charge >= 0.3 is 0 Å². The second-order valence-corrected chi connectivity index (χ2v) is 24.3. The molecular formula is C51H86O24. The van der Waals surface area contributed by atoms with Crippen LogP contribution in [0.5, 0.6) is 0 Å². The number of aliphatic hydroxyl groups excluding tert-OH is 14. The highest BCUT2D eigenvalue weighted by Crippen LogP contribution is 2.71. The van der Waals surface area contributed by atoms with E-state index in [-0.39, 0.29) is 47.4 Å². The van der Waals surface area contributed by atoms with Crippen LogP contribution in [-0.4, -0.2) is 250 Å². The first kappa shape index (κ1) is 58.7. The van der Waals surface area contributed by atoms with Gasteiger partial charge in [0.1, 0.15) is 97.7 Å². The minimum atomic E-state index is -1.92. The summed E-state index contributed by atoms with van der Waals surface area (Å²) in [7, 11) is 0. The Morgan fingerprint density at radius 2 is 1.05 bits per heavy atom. The molecule has 9 aliphatic rings. The van der Waals surface area contributed by atoms with Crippen molar-refractivity contribution in [3.05, 3.63) is 0 Å². The zero-order valence-corrected chi connectivity index (χ0v) is 43.2. The highest BCUT2D eigenvalue weighted by Gasteiger charge is 2.68. The highest BCUT2D eigenvalue weighted by atomic mass is 16.8. The van der Waals surface area contributed by atoms with Crippen molar-refractivity contribution < 1.29 is 119 Å². The number of fused-ring (bicyclic) bond motifs is 7. The summed E-state index contributed by atoms with van der Waals surface area (Å²) in [5.74, 6) is 0.320. The maximum Gasteiger partial charge on any atom is 0.187 e. The van der Waals surface area contributed by atoms with Gasteiger partial charge in [-0.15, -0.1) is 0 Å². The second kappa shape index (κ2) is 23.1. The number of aliphatic hydroxyl groups is 15. The number of hydrogen-bond donors (Lipinski definition) is 15. The quantitative estimate of drug-likeness (QED) is 0.0656. The van der Waals surface area contributed by atoms with E-state index < -0.39 is 155 Å².